The van der Waals surface area contributed by atoms with Crippen LogP contribution in [-0.4, -0.2) is 78.8 Å². The van der Waals surface area contributed by atoms with Crippen molar-refractivity contribution in [3.63, 3.8) is 0 Å². The maximum absolute atomic E-state index is 14.4. The van der Waals surface area contributed by atoms with Crippen molar-refractivity contribution in [3.8, 4) is 0 Å². The quantitative estimate of drug-likeness (QED) is 0.459. The second-order valence-corrected chi connectivity index (χ2v) is 10.0. The largest absolute Gasteiger partial charge is 0.434 e. The molecule has 3 saturated heterocycles. The van der Waals surface area contributed by atoms with Gasteiger partial charge in [0.15, 0.2) is 0 Å². The monoisotopic (exact) mass is 569 g/mol. The molecule has 0 atom stereocenters. The number of anilines is 1. The van der Waals surface area contributed by atoms with Crippen LogP contribution < -0.4 is 4.90 Å². The first-order valence-electron chi connectivity index (χ1n) is 12.7. The Balaban J connectivity index is 0.00000134. The minimum atomic E-state index is -5.74. The van der Waals surface area contributed by atoms with Gasteiger partial charge >= 0.3 is 24.6 Å². The lowest BCUT2D eigenvalue weighted by molar-refractivity contribution is -0.308. The lowest BCUT2D eigenvalue weighted by atomic mass is 9.85. The number of carbonyl (C=O) groups excluding carboxylic acids is 3. The molecule has 3 heterocycles. The number of amides is 1. The zero-order valence-electron chi connectivity index (χ0n) is 21.1. The summed E-state index contributed by atoms with van der Waals surface area (Å²) in [5.41, 5.74) is 1.32. The second-order valence-electron chi connectivity index (χ2n) is 10.0. The Morgan fingerprint density at radius 1 is 0.872 bits per heavy atom. The van der Waals surface area contributed by atoms with Crippen molar-refractivity contribution < 1.29 is 49.9 Å². The van der Waals surface area contributed by atoms with Crippen molar-refractivity contribution in [2.45, 2.75) is 75.5 Å². The molecule has 0 N–H and O–H groups in total. The molecule has 1 spiro atoms. The van der Waals surface area contributed by atoms with Crippen LogP contribution in [0.5, 0.6) is 0 Å². The van der Waals surface area contributed by atoms with Gasteiger partial charge in [-0.1, -0.05) is 0 Å². The van der Waals surface area contributed by atoms with Gasteiger partial charge in [0.1, 0.15) is 5.82 Å². The van der Waals surface area contributed by atoms with Crippen molar-refractivity contribution in [3.05, 3.63) is 29.6 Å². The molecule has 4 rings (SSSR count). The first-order valence-corrected chi connectivity index (χ1v) is 12.7. The third-order valence-corrected chi connectivity index (χ3v) is 7.54. The predicted molar refractivity (Wildman–Crippen MR) is 123 cm³/mol. The summed E-state index contributed by atoms with van der Waals surface area (Å²) in [6.45, 7) is 2.95. The molecule has 1 aromatic carbocycles. The number of ether oxygens (including phenoxy) is 1. The topological polar surface area (TPSA) is 70.2 Å². The molecule has 1 amide bonds. The maximum Gasteiger partial charge on any atom is 0.434 e. The molecule has 218 valence electrons. The number of likely N-dealkylation sites (tertiary alicyclic amines) is 2. The predicted octanol–water partition coefficient (Wildman–Crippen LogP) is 5.29. The number of benzene rings is 1. The van der Waals surface area contributed by atoms with Crippen LogP contribution in [0, 0.1) is 5.82 Å². The van der Waals surface area contributed by atoms with Gasteiger partial charge in [0, 0.05) is 44.0 Å². The van der Waals surface area contributed by atoms with E-state index < -0.39 is 24.5 Å². The Hall–Kier alpha value is -2.86. The zero-order chi connectivity index (χ0) is 28.8. The number of nitrogens with zero attached hydrogens (tertiary/aromatic N) is 3. The summed E-state index contributed by atoms with van der Waals surface area (Å²) in [4.78, 5) is 33.7. The van der Waals surface area contributed by atoms with E-state index in [-0.39, 0.29) is 30.6 Å². The van der Waals surface area contributed by atoms with Crippen LogP contribution in [0.25, 0.3) is 0 Å². The molecule has 0 saturated carbocycles. The van der Waals surface area contributed by atoms with Gasteiger partial charge in [0.25, 0.3) is 6.10 Å². The van der Waals surface area contributed by atoms with E-state index in [9.17, 15) is 35.5 Å². The Labute approximate surface area is 220 Å². The first-order chi connectivity index (χ1) is 18.3. The molecule has 3 aliphatic rings. The molecule has 3 fully saturated rings. The van der Waals surface area contributed by atoms with Gasteiger partial charge in [-0.15, -0.1) is 0 Å². The van der Waals surface area contributed by atoms with Crippen LogP contribution >= 0.6 is 0 Å². The molecule has 1 aromatic rings. The van der Waals surface area contributed by atoms with Gasteiger partial charge < -0.3 is 14.5 Å². The van der Waals surface area contributed by atoms with Gasteiger partial charge in [-0.25, -0.2) is 9.18 Å². The van der Waals surface area contributed by atoms with E-state index in [0.29, 0.717) is 19.4 Å². The maximum atomic E-state index is 14.4. The number of carbonyl (C=O) groups is 1. The molecule has 0 radical (unpaired) electrons. The third kappa shape index (κ3) is 7.84. The fourth-order valence-electron chi connectivity index (χ4n) is 5.69. The average Bonchev–Trinajstić information content (AvgIpc) is 3.23. The molecule has 39 heavy (non-hydrogen) atoms. The number of alkyl halides is 6. The normalized spacial score (nSPS) is 20.0. The summed E-state index contributed by atoms with van der Waals surface area (Å²) in [6.07, 6.45) is -11.3. The van der Waals surface area contributed by atoms with Crippen LogP contribution in [0.4, 0.5) is 41.2 Å². The summed E-state index contributed by atoms with van der Waals surface area (Å²) >= 11 is 0. The van der Waals surface area contributed by atoms with Gasteiger partial charge in [0.2, 0.25) is 0 Å². The molecular weight excluding hydrogens is 539 g/mol. The number of hydrogen-bond donors (Lipinski definition) is 0. The van der Waals surface area contributed by atoms with E-state index in [0.717, 1.165) is 67.9 Å². The van der Waals surface area contributed by atoms with Crippen molar-refractivity contribution in [2.24, 2.45) is 0 Å². The lowest BCUT2D eigenvalue weighted by Crippen LogP contribution is -2.54. The van der Waals surface area contributed by atoms with Crippen molar-refractivity contribution in [1.29, 1.82) is 0 Å². The third-order valence-electron chi connectivity index (χ3n) is 7.54. The summed E-state index contributed by atoms with van der Waals surface area (Å²) < 4.78 is 94.9. The fourth-order valence-corrected chi connectivity index (χ4v) is 5.69. The van der Waals surface area contributed by atoms with E-state index in [1.54, 1.807) is 0 Å². The number of rotatable bonds is 4. The van der Waals surface area contributed by atoms with E-state index in [4.69, 9.17) is 9.59 Å². The van der Waals surface area contributed by atoms with E-state index in [1.807, 2.05) is 6.07 Å². The lowest BCUT2D eigenvalue weighted by Gasteiger charge is -2.45. The summed E-state index contributed by atoms with van der Waals surface area (Å²) in [5.74, 6) is -0.317. The molecule has 0 aliphatic carbocycles. The van der Waals surface area contributed by atoms with Crippen LogP contribution in [-0.2, 0) is 20.9 Å². The van der Waals surface area contributed by atoms with Crippen molar-refractivity contribution in [2.75, 3.05) is 37.6 Å². The summed E-state index contributed by atoms with van der Waals surface area (Å²) in [5, 5.41) is 0. The van der Waals surface area contributed by atoms with E-state index in [2.05, 4.69) is 14.5 Å². The Morgan fingerprint density at radius 2 is 1.46 bits per heavy atom. The minimum Gasteiger partial charge on any atom is -0.426 e. The zero-order valence-corrected chi connectivity index (χ0v) is 21.1. The van der Waals surface area contributed by atoms with Gasteiger partial charge in [0.05, 0.1) is 0 Å². The number of piperidine rings is 2. The van der Waals surface area contributed by atoms with Crippen LogP contribution in [0.2, 0.25) is 0 Å². The molecule has 3 aliphatic heterocycles. The van der Waals surface area contributed by atoms with Crippen molar-refractivity contribution >= 4 is 17.9 Å². The summed E-state index contributed by atoms with van der Waals surface area (Å²) in [6, 6.07) is 5.02. The standard InChI is InChI=1S/C24H30F7N3O2.CO2/c25-18-13-17(14-19(15-18)32-8-2-1-3-9-32)16-34-10-4-5-22(34)6-11-33(12-7-22)21(35)36-20(23(26,27)28)24(29,30)31;2-1-3/h13-15,20H,1-12,16H2;. The smallest absolute Gasteiger partial charge is 0.426 e. The highest BCUT2D eigenvalue weighted by atomic mass is 19.4. The first kappa shape index (κ1) is 30.7. The second kappa shape index (κ2) is 12.5. The molecule has 0 bridgehead atoms. The molecule has 0 unspecified atom stereocenters. The van der Waals surface area contributed by atoms with E-state index >= 15 is 0 Å². The van der Waals surface area contributed by atoms with Gasteiger partial charge in [-0.2, -0.15) is 35.9 Å². The Morgan fingerprint density at radius 3 is 2.03 bits per heavy atom. The Bertz CT molecular complexity index is 1000. The minimum absolute atomic E-state index is 0.0139. The SMILES string of the molecule is O=C(OC(C(F)(F)F)C(F)(F)F)N1CCC2(CCCN2Cc2cc(F)cc(N3CCCCC3)c2)CC1.O=C=O. The van der Waals surface area contributed by atoms with Crippen LogP contribution in [0.3, 0.4) is 0 Å². The van der Waals surface area contributed by atoms with Crippen molar-refractivity contribution in [1.82, 2.24) is 9.80 Å². The number of hydrogen-bond acceptors (Lipinski definition) is 6. The van der Waals surface area contributed by atoms with Crippen LogP contribution in [0.1, 0.15) is 50.5 Å². The highest BCUT2D eigenvalue weighted by Crippen LogP contribution is 2.41. The highest BCUT2D eigenvalue weighted by Gasteiger charge is 2.60. The van der Waals surface area contributed by atoms with E-state index in [1.165, 1.54) is 12.1 Å². The van der Waals surface area contributed by atoms with Gasteiger partial charge in [-0.3, -0.25) is 4.90 Å². The van der Waals surface area contributed by atoms with Gasteiger partial charge in [-0.05, 0) is 75.3 Å². The van der Waals surface area contributed by atoms with Crippen LogP contribution in [0.15, 0.2) is 18.2 Å². The summed E-state index contributed by atoms with van der Waals surface area (Å²) in [7, 11) is 0. The molecule has 14 heteroatoms. The molecule has 7 nitrogen and oxygen atoms in total. The molecule has 0 aromatic heterocycles. The average molecular weight is 570 g/mol. The highest BCUT2D eigenvalue weighted by molar-refractivity contribution is 5.68. The fraction of sp³-hybridized carbons (Fsp3) is 0.680. The molecular formula is C25H30F7N3O4. The Kier molecular flexibility index (Phi) is 9.87. The number of halogens is 7.